The van der Waals surface area contributed by atoms with Gasteiger partial charge >= 0.3 is 11.7 Å². The van der Waals surface area contributed by atoms with Crippen LogP contribution in [0, 0.1) is 16.5 Å². The highest BCUT2D eigenvalue weighted by atomic mass is 32.2. The molecule has 1 amide bonds. The number of thioether (sulfide) groups is 1. The number of esters is 1. The summed E-state index contributed by atoms with van der Waals surface area (Å²) in [7, 11) is 0. The van der Waals surface area contributed by atoms with E-state index < -0.39 is 18.5 Å². The molecule has 24 heavy (non-hydrogen) atoms. The van der Waals surface area contributed by atoms with Crippen molar-refractivity contribution in [3.8, 4) is 6.07 Å². The fourth-order valence-electron chi connectivity index (χ4n) is 1.78. The van der Waals surface area contributed by atoms with Crippen molar-refractivity contribution in [2.75, 3.05) is 17.7 Å². The number of aromatic nitrogens is 1. The molecular weight excluding hydrogens is 330 g/mol. The Hall–Kier alpha value is -3.05. The molecule has 1 aromatic carbocycles. The molecule has 0 fully saturated rings. The van der Waals surface area contributed by atoms with Crippen LogP contribution in [0.5, 0.6) is 0 Å². The summed E-state index contributed by atoms with van der Waals surface area (Å²) >= 11 is 1.28. The Labute approximate surface area is 142 Å². The first-order valence-corrected chi connectivity index (χ1v) is 7.84. The number of anilines is 1. The summed E-state index contributed by atoms with van der Waals surface area (Å²) in [6.07, 6.45) is 1.17. The zero-order valence-corrected chi connectivity index (χ0v) is 13.3. The third kappa shape index (κ3) is 4.72. The first-order valence-electron chi connectivity index (χ1n) is 6.85. The molecule has 0 atom stereocenters. The number of hydrogen-bond acceptors (Lipinski definition) is 6. The number of pyridine rings is 1. The molecule has 0 saturated carbocycles. The van der Waals surface area contributed by atoms with Gasteiger partial charge in [-0.25, -0.2) is 4.79 Å². The molecule has 0 radical (unpaired) electrons. The van der Waals surface area contributed by atoms with E-state index in [1.54, 1.807) is 24.3 Å². The van der Waals surface area contributed by atoms with Crippen molar-refractivity contribution >= 4 is 29.3 Å². The summed E-state index contributed by atoms with van der Waals surface area (Å²) in [5.74, 6) is -1.17. The van der Waals surface area contributed by atoms with Gasteiger partial charge in [0.2, 0.25) is 0 Å². The number of carbonyl (C=O) groups is 2. The van der Waals surface area contributed by atoms with E-state index in [0.29, 0.717) is 10.4 Å². The Balaban J connectivity index is 1.94. The molecule has 0 aliphatic rings. The number of hydrogen-bond donors (Lipinski definition) is 1. The van der Waals surface area contributed by atoms with Crippen LogP contribution >= 0.6 is 11.8 Å². The second-order valence-electron chi connectivity index (χ2n) is 4.48. The van der Waals surface area contributed by atoms with Crippen LogP contribution in [0.15, 0.2) is 53.6 Å². The van der Waals surface area contributed by atoms with E-state index in [-0.39, 0.29) is 11.4 Å². The molecule has 0 aliphatic heterocycles. The van der Waals surface area contributed by atoms with Gasteiger partial charge in [0.05, 0.1) is 17.5 Å². The second kappa shape index (κ2) is 8.55. The molecule has 0 bridgehead atoms. The van der Waals surface area contributed by atoms with Crippen molar-refractivity contribution < 1.29 is 19.1 Å². The maximum Gasteiger partial charge on any atom is 0.405 e. The Morgan fingerprint density at radius 1 is 1.25 bits per heavy atom. The molecule has 1 heterocycles. The Morgan fingerprint density at radius 2 is 2.00 bits per heavy atom. The van der Waals surface area contributed by atoms with E-state index in [9.17, 15) is 14.8 Å². The molecule has 7 nitrogen and oxygen atoms in total. The molecule has 2 rings (SSSR count). The highest BCUT2D eigenvalue weighted by Gasteiger charge is 2.18. The van der Waals surface area contributed by atoms with Gasteiger partial charge in [-0.05, 0) is 18.2 Å². The molecule has 0 unspecified atom stereocenters. The van der Waals surface area contributed by atoms with Crippen LogP contribution in [0.25, 0.3) is 0 Å². The summed E-state index contributed by atoms with van der Waals surface area (Å²) < 4.78 is 5.20. The molecular formula is C16H13N3O4S. The van der Waals surface area contributed by atoms with Crippen LogP contribution in [0.1, 0.15) is 10.5 Å². The Bertz CT molecular complexity index is 789. The number of nitrogens with one attached hydrogen (secondary N) is 1. The van der Waals surface area contributed by atoms with E-state index in [0.717, 1.165) is 4.90 Å². The number of rotatable bonds is 6. The number of nitriles is 1. The van der Waals surface area contributed by atoms with Gasteiger partial charge in [0.25, 0.3) is 5.91 Å². The molecule has 2 aromatic rings. The molecule has 0 aliphatic carbocycles. The quantitative estimate of drug-likeness (QED) is 0.370. The average molecular weight is 343 g/mol. The molecule has 0 saturated heterocycles. The van der Waals surface area contributed by atoms with Gasteiger partial charge in [-0.15, -0.1) is 11.8 Å². The average Bonchev–Trinajstić information content (AvgIpc) is 2.59. The first-order chi connectivity index (χ1) is 11.6. The van der Waals surface area contributed by atoms with Gasteiger partial charge < -0.3 is 15.3 Å². The van der Waals surface area contributed by atoms with Crippen molar-refractivity contribution in [2.24, 2.45) is 0 Å². The normalized spacial score (nSPS) is 9.79. The maximum absolute atomic E-state index is 11.9. The lowest BCUT2D eigenvalue weighted by Crippen LogP contribution is -2.35. The lowest BCUT2D eigenvalue weighted by molar-refractivity contribution is -0.608. The summed E-state index contributed by atoms with van der Waals surface area (Å²) in [5.41, 5.74) is 0.327. The lowest BCUT2D eigenvalue weighted by atomic mass is 10.3. The van der Waals surface area contributed by atoms with Crippen LogP contribution < -0.4 is 10.0 Å². The van der Waals surface area contributed by atoms with Gasteiger partial charge in [0.15, 0.2) is 12.8 Å². The summed E-state index contributed by atoms with van der Waals surface area (Å²) in [5, 5.41) is 22.7. The minimum absolute atomic E-state index is 0.199. The van der Waals surface area contributed by atoms with Gasteiger partial charge in [0.1, 0.15) is 0 Å². The van der Waals surface area contributed by atoms with Crippen molar-refractivity contribution in [3.63, 3.8) is 0 Å². The van der Waals surface area contributed by atoms with Crippen LogP contribution in [0.4, 0.5) is 5.69 Å². The Morgan fingerprint density at radius 3 is 2.75 bits per heavy atom. The number of carbonyl (C=O) groups excluding carboxylic acids is 2. The van der Waals surface area contributed by atoms with Gasteiger partial charge in [0, 0.05) is 17.0 Å². The third-order valence-corrected chi connectivity index (χ3v) is 3.76. The number of benzene rings is 1. The summed E-state index contributed by atoms with van der Waals surface area (Å²) in [4.78, 5) is 24.4. The monoisotopic (exact) mass is 343 g/mol. The van der Waals surface area contributed by atoms with E-state index in [1.165, 1.54) is 36.2 Å². The molecule has 8 heteroatoms. The van der Waals surface area contributed by atoms with Gasteiger partial charge in [-0.1, -0.05) is 12.1 Å². The largest absolute Gasteiger partial charge is 0.618 e. The number of para-hydroxylation sites is 1. The minimum atomic E-state index is -0.882. The lowest BCUT2D eigenvalue weighted by Gasteiger charge is -2.10. The highest BCUT2D eigenvalue weighted by Crippen LogP contribution is 2.26. The van der Waals surface area contributed by atoms with E-state index in [2.05, 4.69) is 5.32 Å². The van der Waals surface area contributed by atoms with Gasteiger partial charge in [-0.3, -0.25) is 4.79 Å². The van der Waals surface area contributed by atoms with Crippen molar-refractivity contribution in [1.82, 2.24) is 0 Å². The van der Waals surface area contributed by atoms with Crippen molar-refractivity contribution in [2.45, 2.75) is 4.90 Å². The third-order valence-electron chi connectivity index (χ3n) is 2.82. The predicted octanol–water partition coefficient (Wildman–Crippen LogP) is 1.73. The van der Waals surface area contributed by atoms with Crippen molar-refractivity contribution in [3.05, 3.63) is 59.6 Å². The fraction of sp³-hybridized carbons (Fsp3) is 0.125. The Kier molecular flexibility index (Phi) is 6.16. The minimum Gasteiger partial charge on any atom is -0.618 e. The van der Waals surface area contributed by atoms with Crippen LogP contribution in [0.3, 0.4) is 0 Å². The zero-order chi connectivity index (χ0) is 17.4. The SMILES string of the molecule is N#CCSc1ccccc1NC(=O)COC(=O)c1cccc[n+]1[O-]. The molecule has 122 valence electrons. The smallest absolute Gasteiger partial charge is 0.405 e. The number of amides is 1. The summed E-state index contributed by atoms with van der Waals surface area (Å²) in [6.45, 7) is -0.523. The predicted molar refractivity (Wildman–Crippen MR) is 87.1 cm³/mol. The fourth-order valence-corrected chi connectivity index (χ4v) is 2.45. The van der Waals surface area contributed by atoms with E-state index in [4.69, 9.17) is 10.00 Å². The number of ether oxygens (including phenoxy) is 1. The second-order valence-corrected chi connectivity index (χ2v) is 5.50. The van der Waals surface area contributed by atoms with Crippen LogP contribution in [0.2, 0.25) is 0 Å². The maximum atomic E-state index is 11.9. The molecule has 1 aromatic heterocycles. The number of nitrogens with zero attached hydrogens (tertiary/aromatic N) is 2. The highest BCUT2D eigenvalue weighted by molar-refractivity contribution is 7.99. The van der Waals surface area contributed by atoms with Gasteiger partial charge in [-0.2, -0.15) is 9.99 Å². The van der Waals surface area contributed by atoms with Crippen LogP contribution in [-0.4, -0.2) is 24.2 Å². The molecule has 0 spiro atoms. The standard InChI is InChI=1S/C16H13N3O4S/c17-8-10-24-14-7-2-1-5-12(14)18-15(20)11-23-16(21)13-6-3-4-9-19(13)22/h1-7,9H,10-11H2,(H,18,20). The topological polar surface area (TPSA) is 106 Å². The summed E-state index contributed by atoms with van der Waals surface area (Å²) in [6, 6.07) is 13.3. The van der Waals surface area contributed by atoms with E-state index >= 15 is 0 Å². The van der Waals surface area contributed by atoms with Crippen LogP contribution in [-0.2, 0) is 9.53 Å². The zero-order valence-electron chi connectivity index (χ0n) is 12.5. The first kappa shape index (κ1) is 17.3. The van der Waals surface area contributed by atoms with E-state index in [1.807, 2.05) is 6.07 Å². The molecule has 1 N–H and O–H groups in total. The van der Waals surface area contributed by atoms with Crippen molar-refractivity contribution in [1.29, 1.82) is 5.26 Å².